The molecule has 0 unspecified atom stereocenters. The Kier molecular flexibility index (Phi) is 6.25. The third-order valence-corrected chi connectivity index (χ3v) is 2.83. The fourth-order valence-electron chi connectivity index (χ4n) is 1.79. The molecule has 0 aliphatic rings. The third kappa shape index (κ3) is 5.24. The SMILES string of the molecule is CNc1ncc(F)cc1C(=O)NCCCCC(C)C. The van der Waals surface area contributed by atoms with Crippen molar-refractivity contribution in [3.63, 3.8) is 0 Å². The first-order valence-electron chi connectivity index (χ1n) is 6.66. The molecule has 0 spiro atoms. The molecule has 1 rings (SSSR count). The van der Waals surface area contributed by atoms with Gasteiger partial charge in [0.25, 0.3) is 5.91 Å². The van der Waals surface area contributed by atoms with Crippen LogP contribution in [0.3, 0.4) is 0 Å². The van der Waals surface area contributed by atoms with Gasteiger partial charge < -0.3 is 10.6 Å². The lowest BCUT2D eigenvalue weighted by atomic mass is 10.1. The first-order chi connectivity index (χ1) is 9.04. The van der Waals surface area contributed by atoms with Gasteiger partial charge in [0, 0.05) is 13.6 Å². The molecule has 0 radical (unpaired) electrons. The van der Waals surface area contributed by atoms with E-state index in [9.17, 15) is 9.18 Å². The van der Waals surface area contributed by atoms with Crippen LogP contribution in [0, 0.1) is 11.7 Å². The van der Waals surface area contributed by atoms with Crippen molar-refractivity contribution in [3.05, 3.63) is 23.6 Å². The van der Waals surface area contributed by atoms with Crippen molar-refractivity contribution in [2.75, 3.05) is 18.9 Å². The highest BCUT2D eigenvalue weighted by Gasteiger charge is 2.12. The molecule has 0 atom stereocenters. The fraction of sp³-hybridized carbons (Fsp3) is 0.571. The summed E-state index contributed by atoms with van der Waals surface area (Å²) in [6.07, 6.45) is 4.25. The number of aromatic nitrogens is 1. The summed E-state index contributed by atoms with van der Waals surface area (Å²) in [5, 5.41) is 5.57. The average Bonchev–Trinajstić information content (AvgIpc) is 2.37. The maximum atomic E-state index is 13.1. The number of unbranched alkanes of at least 4 members (excludes halogenated alkanes) is 1. The lowest BCUT2D eigenvalue weighted by Crippen LogP contribution is -2.25. The number of nitrogens with one attached hydrogen (secondary N) is 2. The number of anilines is 1. The lowest BCUT2D eigenvalue weighted by molar-refractivity contribution is 0.0953. The van der Waals surface area contributed by atoms with Crippen LogP contribution in [0.1, 0.15) is 43.5 Å². The van der Waals surface area contributed by atoms with Crippen molar-refractivity contribution in [2.45, 2.75) is 33.1 Å². The van der Waals surface area contributed by atoms with E-state index in [0.29, 0.717) is 18.3 Å². The summed E-state index contributed by atoms with van der Waals surface area (Å²) in [7, 11) is 1.65. The van der Waals surface area contributed by atoms with E-state index in [2.05, 4.69) is 29.5 Å². The second-order valence-electron chi connectivity index (χ2n) is 4.95. The number of pyridine rings is 1. The molecular weight excluding hydrogens is 245 g/mol. The van der Waals surface area contributed by atoms with Gasteiger partial charge in [-0.05, 0) is 18.4 Å². The molecule has 0 aliphatic carbocycles. The molecule has 0 fully saturated rings. The van der Waals surface area contributed by atoms with Gasteiger partial charge in [-0.3, -0.25) is 4.79 Å². The highest BCUT2D eigenvalue weighted by Crippen LogP contribution is 2.13. The standard InChI is InChI=1S/C14H22FN3O/c1-10(2)6-4-5-7-17-14(19)12-8-11(15)9-18-13(12)16-3/h8-10H,4-7H2,1-3H3,(H,16,18)(H,17,19). The van der Waals surface area contributed by atoms with Crippen molar-refractivity contribution in [1.82, 2.24) is 10.3 Å². The Morgan fingerprint density at radius 1 is 1.42 bits per heavy atom. The molecule has 0 bridgehead atoms. The molecular formula is C14H22FN3O. The molecule has 1 aromatic rings. The summed E-state index contributed by atoms with van der Waals surface area (Å²) in [6, 6.07) is 1.20. The summed E-state index contributed by atoms with van der Waals surface area (Å²) in [5.41, 5.74) is 0.242. The van der Waals surface area contributed by atoms with E-state index in [0.717, 1.165) is 25.5 Å². The monoisotopic (exact) mass is 267 g/mol. The smallest absolute Gasteiger partial charge is 0.255 e. The van der Waals surface area contributed by atoms with E-state index in [4.69, 9.17) is 0 Å². The zero-order chi connectivity index (χ0) is 14.3. The average molecular weight is 267 g/mol. The lowest BCUT2D eigenvalue weighted by Gasteiger charge is -2.09. The molecule has 1 heterocycles. The number of hydrogen-bond donors (Lipinski definition) is 2. The molecule has 5 heteroatoms. The summed E-state index contributed by atoms with van der Waals surface area (Å²) in [5.74, 6) is 0.268. The summed E-state index contributed by atoms with van der Waals surface area (Å²) < 4.78 is 13.1. The Morgan fingerprint density at radius 3 is 2.79 bits per heavy atom. The Hall–Kier alpha value is -1.65. The fourth-order valence-corrected chi connectivity index (χ4v) is 1.79. The topological polar surface area (TPSA) is 54.0 Å². The highest BCUT2D eigenvalue weighted by molar-refractivity contribution is 5.98. The first-order valence-corrected chi connectivity index (χ1v) is 6.66. The Morgan fingerprint density at radius 2 is 2.16 bits per heavy atom. The molecule has 0 aromatic carbocycles. The molecule has 2 N–H and O–H groups in total. The van der Waals surface area contributed by atoms with Crippen molar-refractivity contribution >= 4 is 11.7 Å². The van der Waals surface area contributed by atoms with E-state index in [1.807, 2.05) is 0 Å². The molecule has 0 saturated carbocycles. The normalized spacial score (nSPS) is 10.6. The minimum Gasteiger partial charge on any atom is -0.372 e. The molecule has 1 aromatic heterocycles. The summed E-state index contributed by atoms with van der Waals surface area (Å²) >= 11 is 0. The Labute approximate surface area is 113 Å². The molecule has 1 amide bonds. The van der Waals surface area contributed by atoms with Crippen molar-refractivity contribution in [3.8, 4) is 0 Å². The van der Waals surface area contributed by atoms with Gasteiger partial charge >= 0.3 is 0 Å². The Balaban J connectivity index is 2.47. The molecule has 106 valence electrons. The van der Waals surface area contributed by atoms with Gasteiger partial charge in [-0.15, -0.1) is 0 Å². The van der Waals surface area contributed by atoms with Gasteiger partial charge in [0.2, 0.25) is 0 Å². The van der Waals surface area contributed by atoms with Gasteiger partial charge in [-0.25, -0.2) is 9.37 Å². The van der Waals surface area contributed by atoms with Crippen LogP contribution in [0.5, 0.6) is 0 Å². The van der Waals surface area contributed by atoms with Gasteiger partial charge in [-0.2, -0.15) is 0 Å². The largest absolute Gasteiger partial charge is 0.372 e. The maximum Gasteiger partial charge on any atom is 0.255 e. The van der Waals surface area contributed by atoms with E-state index >= 15 is 0 Å². The number of carbonyl (C=O) groups is 1. The van der Waals surface area contributed by atoms with Crippen molar-refractivity contribution < 1.29 is 9.18 Å². The van der Waals surface area contributed by atoms with Crippen LogP contribution in [0.2, 0.25) is 0 Å². The quantitative estimate of drug-likeness (QED) is 0.747. The number of carbonyl (C=O) groups excluding carboxylic acids is 1. The van der Waals surface area contributed by atoms with Gasteiger partial charge in [0.15, 0.2) is 0 Å². The van der Waals surface area contributed by atoms with Gasteiger partial charge in [0.1, 0.15) is 11.6 Å². The van der Waals surface area contributed by atoms with Crippen LogP contribution in [0.4, 0.5) is 10.2 Å². The molecule has 4 nitrogen and oxygen atoms in total. The van der Waals surface area contributed by atoms with E-state index < -0.39 is 5.82 Å². The number of nitrogens with zero attached hydrogens (tertiary/aromatic N) is 1. The van der Waals surface area contributed by atoms with E-state index in [-0.39, 0.29) is 11.5 Å². The van der Waals surface area contributed by atoms with Crippen LogP contribution >= 0.6 is 0 Å². The van der Waals surface area contributed by atoms with Crippen LogP contribution in [-0.4, -0.2) is 24.5 Å². The highest BCUT2D eigenvalue weighted by atomic mass is 19.1. The van der Waals surface area contributed by atoms with Crippen LogP contribution < -0.4 is 10.6 Å². The van der Waals surface area contributed by atoms with Crippen molar-refractivity contribution in [1.29, 1.82) is 0 Å². The van der Waals surface area contributed by atoms with E-state index in [1.165, 1.54) is 6.07 Å². The van der Waals surface area contributed by atoms with E-state index in [1.54, 1.807) is 7.05 Å². The minimum atomic E-state index is -0.510. The second kappa shape index (κ2) is 7.71. The van der Waals surface area contributed by atoms with Crippen molar-refractivity contribution in [2.24, 2.45) is 5.92 Å². The maximum absolute atomic E-state index is 13.1. The minimum absolute atomic E-state index is 0.242. The first kappa shape index (κ1) is 15.4. The molecule has 0 saturated heterocycles. The molecule has 0 aliphatic heterocycles. The zero-order valence-corrected chi connectivity index (χ0v) is 11.8. The second-order valence-corrected chi connectivity index (χ2v) is 4.95. The summed E-state index contributed by atoms with van der Waals surface area (Å²) in [4.78, 5) is 15.8. The Bertz CT molecular complexity index is 421. The predicted molar refractivity (Wildman–Crippen MR) is 74.8 cm³/mol. The molecule has 19 heavy (non-hydrogen) atoms. The number of amides is 1. The van der Waals surface area contributed by atoms with Gasteiger partial charge in [-0.1, -0.05) is 26.7 Å². The summed E-state index contributed by atoms with van der Waals surface area (Å²) in [6.45, 7) is 4.96. The number of hydrogen-bond acceptors (Lipinski definition) is 3. The predicted octanol–water partition coefficient (Wildman–Crippen LogP) is 2.82. The third-order valence-electron chi connectivity index (χ3n) is 2.83. The number of rotatable bonds is 7. The van der Waals surface area contributed by atoms with Crippen LogP contribution in [0.25, 0.3) is 0 Å². The van der Waals surface area contributed by atoms with Crippen LogP contribution in [-0.2, 0) is 0 Å². The van der Waals surface area contributed by atoms with Crippen LogP contribution in [0.15, 0.2) is 12.3 Å². The zero-order valence-electron chi connectivity index (χ0n) is 11.8. The van der Waals surface area contributed by atoms with Gasteiger partial charge in [0.05, 0.1) is 11.8 Å². The number of halogens is 1.